The van der Waals surface area contributed by atoms with Gasteiger partial charge in [0.05, 0.1) is 24.9 Å². The Kier molecular flexibility index (Phi) is 16.4. The highest BCUT2D eigenvalue weighted by Gasteiger charge is 2.51. The molecule has 9 heteroatoms. The van der Waals surface area contributed by atoms with Gasteiger partial charge in [0, 0.05) is 26.4 Å². The molecule has 0 radical (unpaired) electrons. The van der Waals surface area contributed by atoms with Crippen molar-refractivity contribution in [3.05, 3.63) is 35.9 Å². The summed E-state index contributed by atoms with van der Waals surface area (Å²) in [6.45, 7) is 14.0. The Morgan fingerprint density at radius 1 is 0.976 bits per heavy atom. The summed E-state index contributed by atoms with van der Waals surface area (Å²) in [7, 11) is 0. The molecule has 0 amide bonds. The minimum Gasteiger partial charge on any atom is -0.447 e. The largest absolute Gasteiger partial charge is 0.447 e. The van der Waals surface area contributed by atoms with Crippen LogP contribution in [-0.4, -0.2) is 86.7 Å². The van der Waals surface area contributed by atoms with Gasteiger partial charge in [0.1, 0.15) is 12.2 Å². The molecule has 1 aliphatic rings. The lowest BCUT2D eigenvalue weighted by atomic mass is 9.91. The first-order valence-electron chi connectivity index (χ1n) is 15.4. The van der Waals surface area contributed by atoms with Gasteiger partial charge in [0.2, 0.25) is 0 Å². The maximum absolute atomic E-state index is 13.4. The summed E-state index contributed by atoms with van der Waals surface area (Å²) >= 11 is 0. The van der Waals surface area contributed by atoms with Crippen molar-refractivity contribution in [3.63, 3.8) is 0 Å². The van der Waals surface area contributed by atoms with Crippen LogP contribution in [0.5, 0.6) is 0 Å². The Morgan fingerprint density at radius 3 is 2.22 bits per heavy atom. The fourth-order valence-electron chi connectivity index (χ4n) is 4.54. The molecule has 0 saturated carbocycles. The maximum atomic E-state index is 13.4. The van der Waals surface area contributed by atoms with Gasteiger partial charge in [-0.2, -0.15) is 0 Å². The van der Waals surface area contributed by atoms with Crippen molar-refractivity contribution in [1.82, 2.24) is 0 Å². The molecule has 2 unspecified atom stereocenters. The third-order valence-electron chi connectivity index (χ3n) is 7.04. The van der Waals surface area contributed by atoms with Crippen LogP contribution in [0.4, 0.5) is 0 Å². The predicted molar refractivity (Wildman–Crippen MR) is 157 cm³/mol. The lowest BCUT2D eigenvalue weighted by Crippen LogP contribution is -2.60. The first-order valence-corrected chi connectivity index (χ1v) is 15.4. The fourth-order valence-corrected chi connectivity index (χ4v) is 4.54. The van der Waals surface area contributed by atoms with E-state index in [0.29, 0.717) is 45.0 Å². The van der Waals surface area contributed by atoms with E-state index in [-0.39, 0.29) is 12.7 Å². The van der Waals surface area contributed by atoms with Crippen molar-refractivity contribution in [1.29, 1.82) is 0 Å². The molecule has 0 aromatic heterocycles. The quantitative estimate of drug-likeness (QED) is 0.105. The van der Waals surface area contributed by atoms with Crippen LogP contribution >= 0.6 is 0 Å². The Bertz CT molecular complexity index is 834. The molecule has 1 aromatic rings. The molecule has 0 bridgehead atoms. The van der Waals surface area contributed by atoms with Crippen molar-refractivity contribution < 1.29 is 43.1 Å². The van der Waals surface area contributed by atoms with Gasteiger partial charge >= 0.3 is 5.97 Å². The van der Waals surface area contributed by atoms with Crippen LogP contribution in [0, 0.1) is 0 Å². The molecule has 41 heavy (non-hydrogen) atoms. The number of rotatable bonds is 22. The van der Waals surface area contributed by atoms with Crippen LogP contribution in [-0.2, 0) is 33.2 Å². The summed E-state index contributed by atoms with van der Waals surface area (Å²) in [6.07, 6.45) is 2.81. The highest BCUT2D eigenvalue weighted by molar-refractivity contribution is 5.89. The summed E-state index contributed by atoms with van der Waals surface area (Å²) in [6, 6.07) is 8.70. The number of benzene rings is 1. The molecule has 5 atom stereocenters. The lowest BCUT2D eigenvalue weighted by molar-refractivity contribution is -0.270. The molecule has 9 nitrogen and oxygen atoms in total. The molecule has 1 saturated heterocycles. The molecule has 236 valence electrons. The Hall–Kier alpha value is -1.59. The molecular weight excluding hydrogens is 528 g/mol. The fraction of sp³-hybridized carbons (Fsp3) is 0.781. The zero-order valence-electron chi connectivity index (χ0n) is 26.1. The maximum Gasteiger partial charge on any atom is 0.338 e. The van der Waals surface area contributed by atoms with Crippen molar-refractivity contribution in [2.75, 3.05) is 39.6 Å². The van der Waals surface area contributed by atoms with Gasteiger partial charge in [-0.15, -0.1) is 0 Å². The summed E-state index contributed by atoms with van der Waals surface area (Å²) in [5.74, 6) is -1.32. The van der Waals surface area contributed by atoms with E-state index in [4.69, 9.17) is 33.2 Å². The zero-order chi connectivity index (χ0) is 30.1. The average Bonchev–Trinajstić information content (AvgIpc) is 3.31. The SMILES string of the molecule is CCCCOCC[C@@H](OCCCC)C(OCCCC)C(C)(OC(=O)c1ccccc1)[C@H](O)OC[C@H]1COC(C)(C)O1. The average molecular weight is 583 g/mol. The smallest absolute Gasteiger partial charge is 0.338 e. The molecule has 1 N–H and O–H groups in total. The van der Waals surface area contributed by atoms with E-state index in [0.717, 1.165) is 38.5 Å². The van der Waals surface area contributed by atoms with E-state index in [2.05, 4.69) is 20.8 Å². The first-order chi connectivity index (χ1) is 19.7. The van der Waals surface area contributed by atoms with Gasteiger partial charge in [-0.05, 0) is 58.6 Å². The lowest BCUT2D eigenvalue weighted by Gasteiger charge is -2.43. The monoisotopic (exact) mass is 582 g/mol. The summed E-state index contributed by atoms with van der Waals surface area (Å²) < 4.78 is 42.3. The number of unbranched alkanes of at least 4 members (excludes halogenated alkanes) is 3. The topological polar surface area (TPSA) is 102 Å². The van der Waals surface area contributed by atoms with Crippen LogP contribution in [0.15, 0.2) is 30.3 Å². The minimum absolute atomic E-state index is 0.0479. The third-order valence-corrected chi connectivity index (χ3v) is 7.04. The zero-order valence-corrected chi connectivity index (χ0v) is 26.1. The Balaban J connectivity index is 2.36. The number of ether oxygens (including phenoxy) is 7. The molecule has 1 aliphatic heterocycles. The molecule has 1 aromatic carbocycles. The van der Waals surface area contributed by atoms with E-state index in [1.165, 1.54) is 0 Å². The number of aliphatic hydroxyl groups is 1. The number of hydrogen-bond donors (Lipinski definition) is 1. The molecule has 1 heterocycles. The number of hydrogen-bond acceptors (Lipinski definition) is 9. The molecule has 1 fully saturated rings. The van der Waals surface area contributed by atoms with Crippen LogP contribution in [0.25, 0.3) is 0 Å². The number of esters is 1. The van der Waals surface area contributed by atoms with E-state index >= 15 is 0 Å². The normalized spacial score (nSPS) is 20.3. The summed E-state index contributed by atoms with van der Waals surface area (Å²) in [5.41, 5.74) is -1.26. The Labute approximate surface area is 247 Å². The van der Waals surface area contributed by atoms with Crippen molar-refractivity contribution in [3.8, 4) is 0 Å². The molecule has 0 aliphatic carbocycles. The van der Waals surface area contributed by atoms with Gasteiger partial charge in [-0.1, -0.05) is 58.2 Å². The van der Waals surface area contributed by atoms with Crippen LogP contribution in [0.3, 0.4) is 0 Å². The Morgan fingerprint density at radius 2 is 1.61 bits per heavy atom. The highest BCUT2D eigenvalue weighted by atomic mass is 16.8. The standard InChI is InChI=1S/C32H54O9/c1-7-10-19-35-22-18-27(36-20-11-8-2)28(37-21-12-9-3)32(6,41-29(33)25-16-14-13-15-17-25)30(34)38-23-26-24-39-31(4,5)40-26/h13-17,26-28,30,34H,7-12,18-24H2,1-6H3/t26-,27+,28?,30+,32?/m0/s1. The minimum atomic E-state index is -1.62. The van der Waals surface area contributed by atoms with Crippen molar-refractivity contribution in [2.24, 2.45) is 0 Å². The van der Waals surface area contributed by atoms with Gasteiger partial charge in [-0.3, -0.25) is 0 Å². The predicted octanol–water partition coefficient (Wildman–Crippen LogP) is 5.67. The highest BCUT2D eigenvalue weighted by Crippen LogP contribution is 2.32. The second-order valence-corrected chi connectivity index (χ2v) is 11.2. The van der Waals surface area contributed by atoms with E-state index in [1.807, 2.05) is 19.9 Å². The van der Waals surface area contributed by atoms with E-state index < -0.39 is 35.9 Å². The van der Waals surface area contributed by atoms with Gasteiger partial charge in [0.15, 0.2) is 17.7 Å². The van der Waals surface area contributed by atoms with Gasteiger partial charge in [-0.25, -0.2) is 4.79 Å². The van der Waals surface area contributed by atoms with Gasteiger partial charge < -0.3 is 38.3 Å². The number of aliphatic hydroxyl groups excluding tert-OH is 1. The van der Waals surface area contributed by atoms with Crippen LogP contribution < -0.4 is 0 Å². The van der Waals surface area contributed by atoms with Gasteiger partial charge in [0.25, 0.3) is 0 Å². The summed E-state index contributed by atoms with van der Waals surface area (Å²) in [5, 5.41) is 11.6. The third kappa shape index (κ3) is 12.3. The molecule has 2 rings (SSSR count). The van der Waals surface area contributed by atoms with Crippen LogP contribution in [0.2, 0.25) is 0 Å². The van der Waals surface area contributed by atoms with E-state index in [9.17, 15) is 9.90 Å². The number of carbonyl (C=O) groups is 1. The summed E-state index contributed by atoms with van der Waals surface area (Å²) in [4.78, 5) is 13.4. The van der Waals surface area contributed by atoms with Crippen LogP contribution in [0.1, 0.15) is 96.8 Å². The van der Waals surface area contributed by atoms with E-state index in [1.54, 1.807) is 31.2 Å². The second kappa shape index (κ2) is 18.8. The number of carbonyl (C=O) groups excluding carboxylic acids is 1. The molecular formula is C32H54O9. The molecule has 0 spiro atoms. The first kappa shape index (κ1) is 35.6. The van der Waals surface area contributed by atoms with Crippen molar-refractivity contribution in [2.45, 2.75) is 122 Å². The van der Waals surface area contributed by atoms with Crippen molar-refractivity contribution >= 4 is 5.97 Å². The second-order valence-electron chi connectivity index (χ2n) is 11.2.